The molecular weight excluding hydrogens is 410 g/mol. The Bertz CT molecular complexity index is 1250. The van der Waals surface area contributed by atoms with Crippen molar-refractivity contribution in [3.05, 3.63) is 77.9 Å². The zero-order valence-corrected chi connectivity index (χ0v) is 16.6. The molecule has 7 heteroatoms. The third kappa shape index (κ3) is 3.87. The van der Waals surface area contributed by atoms with Gasteiger partial charge in [0.25, 0.3) is 0 Å². The van der Waals surface area contributed by atoms with E-state index in [1.165, 1.54) is 24.3 Å². The monoisotopic (exact) mass is 429 g/mol. The van der Waals surface area contributed by atoms with Gasteiger partial charge in [-0.3, -0.25) is 4.79 Å². The van der Waals surface area contributed by atoms with Gasteiger partial charge in [0.1, 0.15) is 5.75 Å². The van der Waals surface area contributed by atoms with Gasteiger partial charge in [-0.25, -0.2) is 8.78 Å². The van der Waals surface area contributed by atoms with E-state index in [2.05, 4.69) is 11.5 Å². The van der Waals surface area contributed by atoms with Gasteiger partial charge in [0.05, 0.1) is 0 Å². The van der Waals surface area contributed by atoms with E-state index in [1.807, 2.05) is 36.4 Å². The zero-order chi connectivity index (χ0) is 22.2. The molecule has 4 rings (SSSR count). The van der Waals surface area contributed by atoms with Gasteiger partial charge in [0, 0.05) is 39.5 Å². The minimum absolute atomic E-state index is 0.0154. The van der Waals surface area contributed by atoms with Crippen LogP contribution in [0.2, 0.25) is 0 Å². The van der Waals surface area contributed by atoms with E-state index in [1.54, 1.807) is 6.07 Å². The largest absolute Gasteiger partial charge is 0.487 e. The van der Waals surface area contributed by atoms with E-state index in [4.69, 9.17) is 4.74 Å². The van der Waals surface area contributed by atoms with Crippen LogP contribution in [0.4, 0.5) is 17.6 Å². The SMILES string of the molecule is CCn1c2ccccc2c2cc(C(=O)c3ccc(OCC(F)(F)C(F)F)cc3)ccc21. The molecule has 0 N–H and O–H groups in total. The lowest BCUT2D eigenvalue weighted by Crippen LogP contribution is -2.33. The van der Waals surface area contributed by atoms with E-state index in [0.717, 1.165) is 28.4 Å². The molecule has 0 aliphatic heterocycles. The second-order valence-corrected chi connectivity index (χ2v) is 7.20. The Morgan fingerprint density at radius 3 is 2.26 bits per heavy atom. The number of rotatable bonds is 7. The Labute approximate surface area is 175 Å². The highest BCUT2D eigenvalue weighted by atomic mass is 19.3. The van der Waals surface area contributed by atoms with Crippen LogP contribution in [-0.4, -0.2) is 29.3 Å². The predicted octanol–water partition coefficient (Wildman–Crippen LogP) is 6.32. The second kappa shape index (κ2) is 8.06. The summed E-state index contributed by atoms with van der Waals surface area (Å²) in [4.78, 5) is 13.0. The van der Waals surface area contributed by atoms with Gasteiger partial charge in [-0.05, 0) is 55.5 Å². The number of ketones is 1. The summed E-state index contributed by atoms with van der Waals surface area (Å²) >= 11 is 0. The first-order valence-corrected chi connectivity index (χ1v) is 9.76. The highest BCUT2D eigenvalue weighted by molar-refractivity contribution is 6.14. The molecule has 0 aliphatic carbocycles. The molecule has 3 aromatic carbocycles. The lowest BCUT2D eigenvalue weighted by molar-refractivity contribution is -0.148. The summed E-state index contributed by atoms with van der Waals surface area (Å²) in [5.41, 5.74) is 2.95. The fourth-order valence-corrected chi connectivity index (χ4v) is 3.65. The summed E-state index contributed by atoms with van der Waals surface area (Å²) in [6.45, 7) is 1.42. The Balaban J connectivity index is 1.60. The number of ether oxygens (including phenoxy) is 1. The van der Waals surface area contributed by atoms with Gasteiger partial charge in [-0.1, -0.05) is 18.2 Å². The van der Waals surface area contributed by atoms with E-state index in [-0.39, 0.29) is 11.5 Å². The highest BCUT2D eigenvalue weighted by Crippen LogP contribution is 2.30. The summed E-state index contributed by atoms with van der Waals surface area (Å²) in [5.74, 6) is -4.49. The summed E-state index contributed by atoms with van der Waals surface area (Å²) < 4.78 is 57.4. The van der Waals surface area contributed by atoms with E-state index in [9.17, 15) is 22.4 Å². The van der Waals surface area contributed by atoms with Crippen molar-refractivity contribution >= 4 is 27.6 Å². The molecule has 0 aliphatic rings. The number of carbonyl (C=O) groups excluding carboxylic acids is 1. The number of fused-ring (bicyclic) bond motifs is 3. The molecule has 0 saturated heterocycles. The molecule has 0 unspecified atom stereocenters. The van der Waals surface area contributed by atoms with Crippen LogP contribution in [0, 0.1) is 0 Å². The number of para-hydroxylation sites is 1. The first-order valence-electron chi connectivity index (χ1n) is 9.76. The number of hydrogen-bond donors (Lipinski definition) is 0. The fraction of sp³-hybridized carbons (Fsp3) is 0.208. The molecule has 0 amide bonds. The number of aromatic nitrogens is 1. The number of alkyl halides is 4. The Morgan fingerprint density at radius 2 is 1.58 bits per heavy atom. The molecule has 0 radical (unpaired) electrons. The van der Waals surface area contributed by atoms with Gasteiger partial charge in [0.15, 0.2) is 12.4 Å². The molecule has 1 heterocycles. The van der Waals surface area contributed by atoms with Crippen molar-refractivity contribution in [3.8, 4) is 5.75 Å². The van der Waals surface area contributed by atoms with Crippen LogP contribution in [0.1, 0.15) is 22.8 Å². The van der Waals surface area contributed by atoms with Gasteiger partial charge in [-0.2, -0.15) is 8.78 Å². The smallest absolute Gasteiger partial charge is 0.340 e. The van der Waals surface area contributed by atoms with Crippen LogP contribution >= 0.6 is 0 Å². The summed E-state index contributed by atoms with van der Waals surface area (Å²) in [6.07, 6.45) is -3.80. The van der Waals surface area contributed by atoms with Crippen LogP contribution in [0.25, 0.3) is 21.8 Å². The molecule has 0 saturated carbocycles. The van der Waals surface area contributed by atoms with Gasteiger partial charge >= 0.3 is 12.3 Å². The fourth-order valence-electron chi connectivity index (χ4n) is 3.65. The minimum atomic E-state index is -4.23. The maximum atomic E-state index is 13.0. The summed E-state index contributed by atoms with van der Waals surface area (Å²) in [7, 11) is 0. The maximum Gasteiger partial charge on any atom is 0.340 e. The van der Waals surface area contributed by atoms with Crippen LogP contribution in [0.3, 0.4) is 0 Å². The average Bonchev–Trinajstić information content (AvgIpc) is 3.10. The minimum Gasteiger partial charge on any atom is -0.487 e. The Kier molecular flexibility index (Phi) is 5.43. The second-order valence-electron chi connectivity index (χ2n) is 7.20. The first-order chi connectivity index (χ1) is 14.8. The van der Waals surface area contributed by atoms with Crippen molar-refractivity contribution in [3.63, 3.8) is 0 Å². The standard InChI is InChI=1S/C24H19F4NO2/c1-2-29-20-6-4-3-5-18(20)19-13-16(9-12-21(19)29)22(30)15-7-10-17(11-8-15)31-14-24(27,28)23(25)26/h3-13,23H,2,14H2,1H3. The quantitative estimate of drug-likeness (QED) is 0.254. The third-order valence-corrected chi connectivity index (χ3v) is 5.22. The van der Waals surface area contributed by atoms with Crippen LogP contribution in [-0.2, 0) is 6.54 Å². The topological polar surface area (TPSA) is 31.2 Å². The molecule has 31 heavy (non-hydrogen) atoms. The van der Waals surface area contributed by atoms with Gasteiger partial charge in [0.2, 0.25) is 0 Å². The van der Waals surface area contributed by atoms with Crippen molar-refractivity contribution in [1.29, 1.82) is 0 Å². The van der Waals surface area contributed by atoms with E-state index < -0.39 is 19.0 Å². The number of benzene rings is 3. The van der Waals surface area contributed by atoms with E-state index >= 15 is 0 Å². The molecular formula is C24H19F4NO2. The molecule has 0 fully saturated rings. The van der Waals surface area contributed by atoms with Gasteiger partial charge in [-0.15, -0.1) is 0 Å². The zero-order valence-electron chi connectivity index (χ0n) is 16.6. The van der Waals surface area contributed by atoms with Crippen LogP contribution in [0.15, 0.2) is 66.7 Å². The van der Waals surface area contributed by atoms with E-state index in [0.29, 0.717) is 11.1 Å². The first kappa shape index (κ1) is 20.9. The van der Waals surface area contributed by atoms with Gasteiger partial charge < -0.3 is 9.30 Å². The summed E-state index contributed by atoms with van der Waals surface area (Å²) in [5, 5.41) is 2.02. The Hall–Kier alpha value is -3.35. The van der Waals surface area contributed by atoms with Crippen LogP contribution < -0.4 is 4.74 Å². The molecule has 4 aromatic rings. The predicted molar refractivity (Wildman–Crippen MR) is 111 cm³/mol. The number of aryl methyl sites for hydroxylation is 1. The third-order valence-electron chi connectivity index (χ3n) is 5.22. The molecule has 0 atom stereocenters. The van der Waals surface area contributed by atoms with Crippen molar-refractivity contribution in [1.82, 2.24) is 4.57 Å². The van der Waals surface area contributed by atoms with Crippen LogP contribution in [0.5, 0.6) is 5.75 Å². The highest BCUT2D eigenvalue weighted by Gasteiger charge is 2.41. The number of carbonyl (C=O) groups is 1. The lowest BCUT2D eigenvalue weighted by Gasteiger charge is -2.16. The lowest BCUT2D eigenvalue weighted by atomic mass is 10.0. The maximum absolute atomic E-state index is 13.0. The summed E-state index contributed by atoms with van der Waals surface area (Å²) in [6, 6.07) is 19.0. The number of nitrogens with zero attached hydrogens (tertiary/aromatic N) is 1. The molecule has 3 nitrogen and oxygen atoms in total. The Morgan fingerprint density at radius 1 is 0.935 bits per heavy atom. The van der Waals surface area contributed by atoms with Crippen molar-refractivity contribution in [2.75, 3.05) is 6.61 Å². The number of halogens is 4. The average molecular weight is 429 g/mol. The van der Waals surface area contributed by atoms with Crippen molar-refractivity contribution in [2.24, 2.45) is 0 Å². The molecule has 160 valence electrons. The molecule has 0 spiro atoms. The normalized spacial score (nSPS) is 12.1. The number of hydrogen-bond acceptors (Lipinski definition) is 2. The molecule has 0 bridgehead atoms. The van der Waals surface area contributed by atoms with Crippen molar-refractivity contribution < 1.29 is 27.1 Å². The van der Waals surface area contributed by atoms with Crippen molar-refractivity contribution in [2.45, 2.75) is 25.8 Å². The molecule has 1 aromatic heterocycles.